The minimum atomic E-state index is 0.0853. The number of nitrogens with zero attached hydrogens (tertiary/aromatic N) is 1. The lowest BCUT2D eigenvalue weighted by Crippen LogP contribution is -2.35. The molecule has 1 amide bonds. The van der Waals surface area contributed by atoms with Crippen molar-refractivity contribution in [3.05, 3.63) is 0 Å². The van der Waals surface area contributed by atoms with Crippen LogP contribution in [0.1, 0.15) is 38.5 Å². The van der Waals surface area contributed by atoms with Gasteiger partial charge in [0.05, 0.1) is 17.6 Å². The number of nitrogens with one attached hydrogen (secondary N) is 1. The second kappa shape index (κ2) is 7.58. The fraction of sp³-hybridized carbons (Fsp3) is 0.818. The van der Waals surface area contributed by atoms with Gasteiger partial charge in [-0.2, -0.15) is 5.26 Å². The lowest BCUT2D eigenvalue weighted by molar-refractivity contribution is -0.119. The van der Waals surface area contributed by atoms with Gasteiger partial charge in [0.15, 0.2) is 0 Å². The number of hydrogen-bond donors (Lipinski definition) is 1. The summed E-state index contributed by atoms with van der Waals surface area (Å²) in [4.78, 5) is 11.5. The summed E-state index contributed by atoms with van der Waals surface area (Å²) in [5, 5.41) is 11.4. The standard InChI is InChI=1S/C11H18N2OS/c12-7-8-15-9-11(14)13-10-5-3-1-2-4-6-10/h10H,1-6,8-9H2,(H,13,14). The lowest BCUT2D eigenvalue weighted by Gasteiger charge is -2.15. The van der Waals surface area contributed by atoms with E-state index in [1.807, 2.05) is 6.07 Å². The molecular formula is C11H18N2OS. The van der Waals surface area contributed by atoms with E-state index in [4.69, 9.17) is 5.26 Å². The molecule has 0 aromatic heterocycles. The first-order chi connectivity index (χ1) is 7.33. The van der Waals surface area contributed by atoms with E-state index in [2.05, 4.69) is 5.32 Å². The zero-order valence-electron chi connectivity index (χ0n) is 9.00. The number of carbonyl (C=O) groups is 1. The Morgan fingerprint density at radius 2 is 2.00 bits per heavy atom. The molecule has 0 spiro atoms. The second-order valence-electron chi connectivity index (χ2n) is 3.91. The topological polar surface area (TPSA) is 52.9 Å². The van der Waals surface area contributed by atoms with Gasteiger partial charge in [-0.1, -0.05) is 25.7 Å². The highest BCUT2D eigenvalue weighted by Crippen LogP contribution is 2.17. The molecule has 0 unspecified atom stereocenters. The monoisotopic (exact) mass is 226 g/mol. The highest BCUT2D eigenvalue weighted by molar-refractivity contribution is 8.00. The average Bonchev–Trinajstić information content (AvgIpc) is 2.47. The van der Waals surface area contributed by atoms with Crippen LogP contribution in [0.15, 0.2) is 0 Å². The third-order valence-electron chi connectivity index (χ3n) is 2.62. The second-order valence-corrected chi connectivity index (χ2v) is 4.89. The van der Waals surface area contributed by atoms with Crippen molar-refractivity contribution in [3.63, 3.8) is 0 Å². The Balaban J connectivity index is 2.15. The molecule has 84 valence electrons. The van der Waals surface area contributed by atoms with E-state index in [0.29, 0.717) is 17.5 Å². The van der Waals surface area contributed by atoms with Gasteiger partial charge in [0.25, 0.3) is 0 Å². The van der Waals surface area contributed by atoms with Crippen LogP contribution >= 0.6 is 11.8 Å². The minimum absolute atomic E-state index is 0.0853. The van der Waals surface area contributed by atoms with Crippen LogP contribution in [0, 0.1) is 11.3 Å². The molecule has 0 atom stereocenters. The van der Waals surface area contributed by atoms with Crippen LogP contribution in [0.5, 0.6) is 0 Å². The van der Waals surface area contributed by atoms with Crippen LogP contribution < -0.4 is 5.32 Å². The third kappa shape index (κ3) is 5.68. The first-order valence-corrected chi connectivity index (χ1v) is 6.72. The maximum Gasteiger partial charge on any atom is 0.230 e. The number of amides is 1. The SMILES string of the molecule is N#CCSCC(=O)NC1CCCCCC1. The normalized spacial score (nSPS) is 17.8. The van der Waals surface area contributed by atoms with Crippen molar-refractivity contribution in [2.45, 2.75) is 44.6 Å². The van der Waals surface area contributed by atoms with E-state index < -0.39 is 0 Å². The van der Waals surface area contributed by atoms with Crippen LogP contribution in [0.2, 0.25) is 0 Å². The summed E-state index contributed by atoms with van der Waals surface area (Å²) in [5.74, 6) is 0.907. The van der Waals surface area contributed by atoms with E-state index in [-0.39, 0.29) is 5.91 Å². The Kier molecular flexibility index (Phi) is 6.26. The van der Waals surface area contributed by atoms with Crippen LogP contribution in [0.25, 0.3) is 0 Å². The van der Waals surface area contributed by atoms with Crippen molar-refractivity contribution in [1.82, 2.24) is 5.32 Å². The van der Waals surface area contributed by atoms with E-state index in [9.17, 15) is 4.79 Å². The molecule has 3 nitrogen and oxygen atoms in total. The van der Waals surface area contributed by atoms with Gasteiger partial charge in [0.2, 0.25) is 5.91 Å². The van der Waals surface area contributed by atoms with E-state index >= 15 is 0 Å². The van der Waals surface area contributed by atoms with Crippen LogP contribution in [0.4, 0.5) is 0 Å². The van der Waals surface area contributed by atoms with Crippen LogP contribution in [-0.2, 0) is 4.79 Å². The fourth-order valence-electron chi connectivity index (χ4n) is 1.88. The summed E-state index contributed by atoms with van der Waals surface area (Å²) in [6.45, 7) is 0. The molecule has 0 aliphatic heterocycles. The molecule has 0 bridgehead atoms. The summed E-state index contributed by atoms with van der Waals surface area (Å²) in [6.07, 6.45) is 7.31. The number of nitriles is 1. The Labute approximate surface area is 95.6 Å². The van der Waals surface area contributed by atoms with Gasteiger partial charge >= 0.3 is 0 Å². The van der Waals surface area contributed by atoms with Crippen molar-refractivity contribution >= 4 is 17.7 Å². The molecule has 0 radical (unpaired) electrons. The summed E-state index contributed by atoms with van der Waals surface area (Å²) in [6, 6.07) is 2.40. The maximum absolute atomic E-state index is 11.5. The quantitative estimate of drug-likeness (QED) is 0.590. The van der Waals surface area contributed by atoms with Gasteiger partial charge in [0, 0.05) is 6.04 Å². The molecule has 0 heterocycles. The third-order valence-corrected chi connectivity index (χ3v) is 3.42. The molecule has 15 heavy (non-hydrogen) atoms. The van der Waals surface area contributed by atoms with E-state index in [0.717, 1.165) is 12.8 Å². The molecule has 1 N–H and O–H groups in total. The first-order valence-electron chi connectivity index (χ1n) is 5.57. The minimum Gasteiger partial charge on any atom is -0.353 e. The molecule has 0 aromatic rings. The summed E-state index contributed by atoms with van der Waals surface area (Å²) in [5.41, 5.74) is 0. The first kappa shape index (κ1) is 12.4. The maximum atomic E-state index is 11.5. The Hall–Kier alpha value is -0.690. The van der Waals surface area contributed by atoms with Crippen LogP contribution in [0.3, 0.4) is 0 Å². The van der Waals surface area contributed by atoms with Crippen molar-refractivity contribution in [2.24, 2.45) is 0 Å². The van der Waals surface area contributed by atoms with E-state index in [1.54, 1.807) is 0 Å². The molecule has 1 aliphatic rings. The van der Waals surface area contributed by atoms with Crippen LogP contribution in [-0.4, -0.2) is 23.5 Å². The number of carbonyl (C=O) groups excluding carboxylic acids is 1. The number of rotatable bonds is 4. The Morgan fingerprint density at radius 3 is 2.60 bits per heavy atom. The molecule has 1 rings (SSSR count). The number of hydrogen-bond acceptors (Lipinski definition) is 3. The molecule has 1 fully saturated rings. The fourth-order valence-corrected chi connectivity index (χ4v) is 2.34. The Bertz CT molecular complexity index is 229. The number of thioether (sulfide) groups is 1. The van der Waals surface area contributed by atoms with Crippen molar-refractivity contribution in [3.8, 4) is 6.07 Å². The molecule has 1 saturated carbocycles. The van der Waals surface area contributed by atoms with E-state index in [1.165, 1.54) is 37.4 Å². The molecular weight excluding hydrogens is 208 g/mol. The average molecular weight is 226 g/mol. The summed E-state index contributed by atoms with van der Waals surface area (Å²) < 4.78 is 0. The molecule has 1 aliphatic carbocycles. The lowest BCUT2D eigenvalue weighted by atomic mass is 10.1. The summed E-state index contributed by atoms with van der Waals surface area (Å²) in [7, 11) is 0. The van der Waals surface area contributed by atoms with Gasteiger partial charge in [-0.3, -0.25) is 4.79 Å². The zero-order valence-corrected chi connectivity index (χ0v) is 9.81. The smallest absolute Gasteiger partial charge is 0.230 e. The Morgan fingerprint density at radius 1 is 1.33 bits per heavy atom. The zero-order chi connectivity index (χ0) is 10.9. The van der Waals surface area contributed by atoms with Crippen molar-refractivity contribution < 1.29 is 4.79 Å². The highest BCUT2D eigenvalue weighted by atomic mass is 32.2. The van der Waals surface area contributed by atoms with Gasteiger partial charge in [0.1, 0.15) is 0 Å². The van der Waals surface area contributed by atoms with Gasteiger partial charge in [-0.05, 0) is 12.8 Å². The van der Waals surface area contributed by atoms with Gasteiger partial charge < -0.3 is 5.32 Å². The predicted molar refractivity (Wildman–Crippen MR) is 62.6 cm³/mol. The molecule has 4 heteroatoms. The predicted octanol–water partition coefficient (Wildman–Crippen LogP) is 2.08. The van der Waals surface area contributed by atoms with Crippen molar-refractivity contribution in [1.29, 1.82) is 5.26 Å². The van der Waals surface area contributed by atoms with Gasteiger partial charge in [-0.25, -0.2) is 0 Å². The largest absolute Gasteiger partial charge is 0.353 e. The molecule has 0 aromatic carbocycles. The summed E-state index contributed by atoms with van der Waals surface area (Å²) >= 11 is 1.38. The van der Waals surface area contributed by atoms with Gasteiger partial charge in [-0.15, -0.1) is 11.8 Å². The van der Waals surface area contributed by atoms with Crippen molar-refractivity contribution in [2.75, 3.05) is 11.5 Å². The highest BCUT2D eigenvalue weighted by Gasteiger charge is 2.14. The molecule has 0 saturated heterocycles.